The summed E-state index contributed by atoms with van der Waals surface area (Å²) in [7, 11) is 0. The lowest BCUT2D eigenvalue weighted by Crippen LogP contribution is -2.24. The molecule has 388 valence electrons. The Labute approximate surface area is 476 Å². The van der Waals surface area contributed by atoms with Gasteiger partial charge in [-0.15, -0.1) is 0 Å². The summed E-state index contributed by atoms with van der Waals surface area (Å²) in [6.07, 6.45) is 9.35. The summed E-state index contributed by atoms with van der Waals surface area (Å²) in [5, 5.41) is 4.68. The van der Waals surface area contributed by atoms with Crippen LogP contribution in [-0.4, -0.2) is 0 Å². The van der Waals surface area contributed by atoms with Gasteiger partial charge in [0.2, 0.25) is 0 Å². The van der Waals surface area contributed by atoms with Crippen LogP contribution in [0.5, 0.6) is 0 Å². The van der Waals surface area contributed by atoms with Crippen molar-refractivity contribution in [3.05, 3.63) is 294 Å². The number of allylic oxidation sites excluding steroid dienone is 4. The van der Waals surface area contributed by atoms with Gasteiger partial charge in [-0.05, 0) is 161 Å². The first-order valence-electron chi connectivity index (χ1n) is 28.9. The molecule has 0 amide bonds. The summed E-state index contributed by atoms with van der Waals surface area (Å²) in [6.45, 7) is 19.1. The van der Waals surface area contributed by atoms with E-state index in [0.717, 1.165) is 39.7 Å². The molecule has 16 rings (SSSR count). The van der Waals surface area contributed by atoms with Crippen molar-refractivity contribution in [3.63, 3.8) is 0 Å². The maximum absolute atomic E-state index is 4.65. The maximum Gasteiger partial charge on any atom is 0.0620 e. The van der Waals surface area contributed by atoms with Crippen molar-refractivity contribution in [2.45, 2.75) is 63.7 Å². The molecule has 2 heteroatoms. The third-order valence-corrected chi connectivity index (χ3v) is 19.6. The number of rotatable bonds is 7. The summed E-state index contributed by atoms with van der Waals surface area (Å²) in [5.41, 5.74) is 28.1. The smallest absolute Gasteiger partial charge is 0.0620 e. The molecule has 11 aromatic carbocycles. The first-order valence-corrected chi connectivity index (χ1v) is 28.9. The summed E-state index contributed by atoms with van der Waals surface area (Å²) in [5.74, 6) is 0.720. The zero-order chi connectivity index (χ0) is 54.7. The SMILES string of the molecule is C=C1c2ccccc2-c2cc(N(c3ccc4c(c3)C(C)(C)c3ccccc3-4)c3c4ccccc4c(N(c4ccc5c(c4)C(C)(C)c4ccccc4-5)c4ccc5c(c4)C(C)(C)C4C=CC=CC54)c4cc(-c5ccccc5)ccc34)ccc21. The predicted octanol–water partition coefficient (Wildman–Crippen LogP) is 21.4. The highest BCUT2D eigenvalue weighted by molar-refractivity contribution is 6.24. The van der Waals surface area contributed by atoms with Gasteiger partial charge >= 0.3 is 0 Å². The predicted molar refractivity (Wildman–Crippen MR) is 342 cm³/mol. The molecule has 0 N–H and O–H groups in total. The van der Waals surface area contributed by atoms with E-state index in [1.165, 1.54) is 111 Å². The topological polar surface area (TPSA) is 6.48 Å². The molecule has 0 saturated carbocycles. The maximum atomic E-state index is 4.65. The van der Waals surface area contributed by atoms with E-state index in [0.29, 0.717) is 11.8 Å². The number of nitrogens with zero attached hydrogens (tertiary/aromatic N) is 2. The van der Waals surface area contributed by atoms with Crippen molar-refractivity contribution >= 4 is 61.2 Å². The summed E-state index contributed by atoms with van der Waals surface area (Å²) in [6, 6.07) is 83.2. The first kappa shape index (κ1) is 47.7. The zero-order valence-corrected chi connectivity index (χ0v) is 46.9. The highest BCUT2D eigenvalue weighted by Gasteiger charge is 2.45. The molecular formula is C79H62N2. The number of hydrogen-bond donors (Lipinski definition) is 0. The van der Waals surface area contributed by atoms with Crippen molar-refractivity contribution in [2.75, 3.05) is 9.80 Å². The van der Waals surface area contributed by atoms with Crippen LogP contribution in [0.1, 0.15) is 92.0 Å². The molecule has 11 aromatic rings. The zero-order valence-electron chi connectivity index (χ0n) is 46.9. The Morgan fingerprint density at radius 2 is 0.790 bits per heavy atom. The van der Waals surface area contributed by atoms with Gasteiger partial charge in [0.05, 0.1) is 11.4 Å². The minimum Gasteiger partial charge on any atom is -0.309 e. The second kappa shape index (κ2) is 17.1. The third kappa shape index (κ3) is 6.74. The van der Waals surface area contributed by atoms with E-state index in [-0.39, 0.29) is 16.2 Å². The second-order valence-corrected chi connectivity index (χ2v) is 24.9. The number of hydrogen-bond acceptors (Lipinski definition) is 2. The van der Waals surface area contributed by atoms with Crippen LogP contribution in [0.25, 0.3) is 71.6 Å². The monoisotopic (exact) mass is 1040 g/mol. The van der Waals surface area contributed by atoms with E-state index >= 15 is 0 Å². The lowest BCUT2D eigenvalue weighted by molar-refractivity contribution is 0.394. The molecule has 0 aromatic heterocycles. The van der Waals surface area contributed by atoms with Gasteiger partial charge in [-0.1, -0.05) is 236 Å². The molecule has 5 aliphatic rings. The van der Waals surface area contributed by atoms with Crippen LogP contribution in [0.4, 0.5) is 34.1 Å². The highest BCUT2D eigenvalue weighted by atomic mass is 15.2. The lowest BCUT2D eigenvalue weighted by Gasteiger charge is -2.35. The molecule has 0 bridgehead atoms. The van der Waals surface area contributed by atoms with Gasteiger partial charge in [-0.3, -0.25) is 0 Å². The Kier molecular flexibility index (Phi) is 10.1. The number of fused-ring (bicyclic) bond motifs is 14. The molecule has 0 saturated heterocycles. The van der Waals surface area contributed by atoms with Crippen LogP contribution in [0.3, 0.4) is 0 Å². The van der Waals surface area contributed by atoms with Gasteiger partial charge < -0.3 is 9.80 Å². The summed E-state index contributed by atoms with van der Waals surface area (Å²) < 4.78 is 0. The van der Waals surface area contributed by atoms with E-state index in [4.69, 9.17) is 0 Å². The molecule has 5 aliphatic carbocycles. The normalized spacial score (nSPS) is 17.5. The van der Waals surface area contributed by atoms with Crippen LogP contribution in [0.15, 0.2) is 249 Å². The fourth-order valence-electron chi connectivity index (χ4n) is 15.5. The fraction of sp³-hybridized carbons (Fsp3) is 0.139. The van der Waals surface area contributed by atoms with Crippen molar-refractivity contribution < 1.29 is 0 Å². The van der Waals surface area contributed by atoms with E-state index in [2.05, 4.69) is 301 Å². The van der Waals surface area contributed by atoms with Gasteiger partial charge in [-0.2, -0.15) is 0 Å². The minimum atomic E-state index is -0.206. The van der Waals surface area contributed by atoms with Crippen molar-refractivity contribution in [1.29, 1.82) is 0 Å². The van der Waals surface area contributed by atoms with Gasteiger partial charge in [0.25, 0.3) is 0 Å². The minimum absolute atomic E-state index is 0.0893. The summed E-state index contributed by atoms with van der Waals surface area (Å²) in [4.78, 5) is 5.21. The molecule has 2 nitrogen and oxygen atoms in total. The van der Waals surface area contributed by atoms with Crippen LogP contribution in [0, 0.1) is 5.92 Å². The molecule has 81 heavy (non-hydrogen) atoms. The Morgan fingerprint density at radius 1 is 0.333 bits per heavy atom. The van der Waals surface area contributed by atoms with Crippen LogP contribution < -0.4 is 9.80 Å². The fourth-order valence-corrected chi connectivity index (χ4v) is 15.5. The molecule has 0 spiro atoms. The first-order chi connectivity index (χ1) is 39.4. The standard InChI is InChI=1S/C79H62N2/c1-48-55-23-11-12-24-57(55)67-44-51(34-39-56(48)67)80(52-35-40-61-58-25-15-18-30-69(58)77(2,3)72(61)45-52)75-64-28-13-14-29-65(64)76(68-43-50(33-38-66(68)75)49-21-9-8-10-22-49)81(53-36-41-62-59-26-16-19-31-70(59)78(4,5)73(62)46-53)54-37-42-63-60-27-17-20-32-71(60)79(6,7)74(63)47-54/h8-47,59,70H,1H2,2-7H3. The van der Waals surface area contributed by atoms with Gasteiger partial charge in [0, 0.05) is 61.0 Å². The van der Waals surface area contributed by atoms with Crippen LogP contribution >= 0.6 is 0 Å². The van der Waals surface area contributed by atoms with Gasteiger partial charge in [-0.25, -0.2) is 0 Å². The van der Waals surface area contributed by atoms with E-state index in [9.17, 15) is 0 Å². The van der Waals surface area contributed by atoms with Crippen molar-refractivity contribution in [1.82, 2.24) is 0 Å². The number of benzene rings is 11. The average Bonchev–Trinajstić information content (AvgIpc) is 4.29. The molecule has 0 aliphatic heterocycles. The van der Waals surface area contributed by atoms with Crippen molar-refractivity contribution in [3.8, 4) is 44.5 Å². The molecule has 2 unspecified atom stereocenters. The van der Waals surface area contributed by atoms with E-state index in [1.807, 2.05) is 0 Å². The molecule has 0 radical (unpaired) electrons. The third-order valence-electron chi connectivity index (χ3n) is 19.6. The Hall–Kier alpha value is -9.24. The van der Waals surface area contributed by atoms with E-state index in [1.54, 1.807) is 0 Å². The van der Waals surface area contributed by atoms with Crippen LogP contribution in [-0.2, 0) is 16.2 Å². The molecular weight excluding hydrogens is 977 g/mol. The summed E-state index contributed by atoms with van der Waals surface area (Å²) >= 11 is 0. The molecule has 0 heterocycles. The van der Waals surface area contributed by atoms with Crippen molar-refractivity contribution in [2.24, 2.45) is 5.92 Å². The van der Waals surface area contributed by atoms with Gasteiger partial charge in [0.1, 0.15) is 0 Å². The molecule has 2 atom stereocenters. The highest BCUT2D eigenvalue weighted by Crippen LogP contribution is 2.59. The largest absolute Gasteiger partial charge is 0.309 e. The second-order valence-electron chi connectivity index (χ2n) is 24.9. The average molecular weight is 1040 g/mol. The lowest BCUT2D eigenvalue weighted by atomic mass is 9.74. The van der Waals surface area contributed by atoms with Gasteiger partial charge in [0.15, 0.2) is 0 Å². The van der Waals surface area contributed by atoms with E-state index < -0.39 is 0 Å². The molecule has 0 fully saturated rings. The van der Waals surface area contributed by atoms with Crippen LogP contribution in [0.2, 0.25) is 0 Å². The Bertz CT molecular complexity index is 4600. The Morgan fingerprint density at radius 3 is 1.42 bits per heavy atom. The quantitative estimate of drug-likeness (QED) is 0.116. The number of anilines is 6. The Balaban J connectivity index is 1.01.